The van der Waals surface area contributed by atoms with Gasteiger partial charge in [0, 0.05) is 5.56 Å². The fraction of sp³-hybridized carbons (Fsp3) is 0.0909. The number of methoxy groups -OCH3 is 2. The number of pyridine rings is 1. The van der Waals surface area contributed by atoms with E-state index in [2.05, 4.69) is 21.3 Å². The van der Waals surface area contributed by atoms with Crippen molar-refractivity contribution >= 4 is 11.8 Å². The molecule has 4 rings (SSSR count). The number of aromatic nitrogens is 4. The molecule has 0 fully saturated rings. The van der Waals surface area contributed by atoms with Gasteiger partial charge in [0.1, 0.15) is 28.3 Å². The van der Waals surface area contributed by atoms with E-state index in [1.54, 1.807) is 26.4 Å². The van der Waals surface area contributed by atoms with Gasteiger partial charge >= 0.3 is 0 Å². The van der Waals surface area contributed by atoms with Crippen molar-refractivity contribution in [2.24, 2.45) is 0 Å². The highest BCUT2D eigenvalue weighted by atomic mass is 32.2. The molecule has 0 aliphatic carbocycles. The topological polar surface area (TPSA) is 85.9 Å². The van der Waals surface area contributed by atoms with Gasteiger partial charge < -0.3 is 9.47 Å². The fourth-order valence-corrected chi connectivity index (χ4v) is 3.70. The highest BCUT2D eigenvalue weighted by Gasteiger charge is 2.18. The molecule has 0 unspecified atom stereocenters. The van der Waals surface area contributed by atoms with E-state index < -0.39 is 0 Å². The second-order valence-corrected chi connectivity index (χ2v) is 7.13. The molecular weight excluding hydrogens is 398 g/mol. The van der Waals surface area contributed by atoms with Gasteiger partial charge in [0.25, 0.3) is 0 Å². The van der Waals surface area contributed by atoms with E-state index in [1.807, 2.05) is 59.2 Å². The van der Waals surface area contributed by atoms with Crippen LogP contribution in [0.4, 0.5) is 0 Å². The lowest BCUT2D eigenvalue weighted by Crippen LogP contribution is -2.00. The highest BCUT2D eigenvalue weighted by Crippen LogP contribution is 2.32. The lowest BCUT2D eigenvalue weighted by atomic mass is 10.2. The third kappa shape index (κ3) is 3.97. The zero-order valence-electron chi connectivity index (χ0n) is 16.3. The Labute approximate surface area is 177 Å². The molecule has 0 saturated carbocycles. The Morgan fingerprint density at radius 3 is 2.17 bits per heavy atom. The quantitative estimate of drug-likeness (QED) is 0.462. The summed E-state index contributed by atoms with van der Waals surface area (Å²) in [7, 11) is 3.26. The predicted molar refractivity (Wildman–Crippen MR) is 113 cm³/mol. The monoisotopic (exact) mass is 415 g/mol. The molecule has 0 spiro atoms. The van der Waals surface area contributed by atoms with Gasteiger partial charge in [0.15, 0.2) is 5.82 Å². The van der Waals surface area contributed by atoms with Crippen LogP contribution in [0.3, 0.4) is 0 Å². The van der Waals surface area contributed by atoms with E-state index in [4.69, 9.17) is 14.7 Å². The summed E-state index contributed by atoms with van der Waals surface area (Å²) < 4.78 is 12.5. The van der Waals surface area contributed by atoms with Gasteiger partial charge in [-0.1, -0.05) is 6.07 Å². The summed E-state index contributed by atoms with van der Waals surface area (Å²) in [4.78, 5) is 4.34. The van der Waals surface area contributed by atoms with E-state index in [9.17, 15) is 0 Å². The minimum Gasteiger partial charge on any atom is -0.497 e. The number of rotatable bonds is 6. The van der Waals surface area contributed by atoms with E-state index in [1.165, 1.54) is 11.8 Å². The molecule has 0 saturated heterocycles. The molecular formula is C22H17N5O2S. The first kappa shape index (κ1) is 19.5. The van der Waals surface area contributed by atoms with Gasteiger partial charge in [-0.05, 0) is 72.4 Å². The molecule has 2 heterocycles. The van der Waals surface area contributed by atoms with Gasteiger partial charge in [-0.15, -0.1) is 10.2 Å². The van der Waals surface area contributed by atoms with Gasteiger partial charge in [-0.2, -0.15) is 5.26 Å². The van der Waals surface area contributed by atoms with Gasteiger partial charge in [-0.3, -0.25) is 4.57 Å². The van der Waals surface area contributed by atoms with Crippen molar-refractivity contribution in [3.8, 4) is 34.6 Å². The summed E-state index contributed by atoms with van der Waals surface area (Å²) in [6.45, 7) is 0. The van der Waals surface area contributed by atoms with Crippen molar-refractivity contribution in [2.75, 3.05) is 14.2 Å². The van der Waals surface area contributed by atoms with Crippen molar-refractivity contribution in [3.63, 3.8) is 0 Å². The molecule has 7 nitrogen and oxygen atoms in total. The number of hydrogen-bond acceptors (Lipinski definition) is 7. The minimum absolute atomic E-state index is 0.353. The van der Waals surface area contributed by atoms with Crippen LogP contribution in [-0.2, 0) is 0 Å². The second-order valence-electron chi connectivity index (χ2n) is 6.14. The van der Waals surface area contributed by atoms with Crippen LogP contribution >= 0.6 is 11.8 Å². The number of benzene rings is 2. The molecule has 0 bridgehead atoms. The average molecular weight is 415 g/mol. The SMILES string of the molecule is COc1ccc(-c2nnc(Sc3cccc(C#N)n3)n2-c2ccc(OC)cc2)cc1. The van der Waals surface area contributed by atoms with Crippen LogP contribution < -0.4 is 9.47 Å². The van der Waals surface area contributed by atoms with Gasteiger partial charge in [0.2, 0.25) is 5.16 Å². The molecule has 8 heteroatoms. The van der Waals surface area contributed by atoms with Gasteiger partial charge in [-0.25, -0.2) is 4.98 Å². The van der Waals surface area contributed by atoms with Crippen LogP contribution in [-0.4, -0.2) is 34.0 Å². The summed E-state index contributed by atoms with van der Waals surface area (Å²) in [5.74, 6) is 2.21. The van der Waals surface area contributed by atoms with Crippen LogP contribution in [0.2, 0.25) is 0 Å². The summed E-state index contributed by atoms with van der Waals surface area (Å²) >= 11 is 1.34. The molecule has 0 radical (unpaired) electrons. The molecule has 0 N–H and O–H groups in total. The minimum atomic E-state index is 0.353. The molecule has 2 aromatic carbocycles. The van der Waals surface area contributed by atoms with Crippen LogP contribution in [0.1, 0.15) is 5.69 Å². The molecule has 2 aromatic heterocycles. The third-order valence-corrected chi connectivity index (χ3v) is 5.23. The fourth-order valence-electron chi connectivity index (χ4n) is 2.85. The Balaban J connectivity index is 1.80. The molecule has 0 aliphatic heterocycles. The Bertz CT molecular complexity index is 1200. The molecule has 0 amide bonds. The Hall–Kier alpha value is -3.83. The number of nitrogens with zero attached hydrogens (tertiary/aromatic N) is 5. The maximum Gasteiger partial charge on any atom is 0.202 e. The van der Waals surface area contributed by atoms with Crippen molar-refractivity contribution in [2.45, 2.75) is 10.2 Å². The molecule has 4 aromatic rings. The predicted octanol–water partition coefficient (Wildman–Crippen LogP) is 4.37. The van der Waals surface area contributed by atoms with E-state index in [0.29, 0.717) is 21.7 Å². The van der Waals surface area contributed by atoms with Crippen LogP contribution in [0.15, 0.2) is 76.9 Å². The molecule has 0 aliphatic rings. The molecule has 30 heavy (non-hydrogen) atoms. The second kappa shape index (κ2) is 8.68. The Morgan fingerprint density at radius 1 is 0.867 bits per heavy atom. The number of ether oxygens (including phenoxy) is 2. The summed E-state index contributed by atoms with van der Waals surface area (Å²) in [6, 6.07) is 22.7. The first-order chi connectivity index (χ1) is 14.7. The van der Waals surface area contributed by atoms with E-state index >= 15 is 0 Å². The van der Waals surface area contributed by atoms with E-state index in [0.717, 1.165) is 22.7 Å². The smallest absolute Gasteiger partial charge is 0.202 e. The zero-order chi connectivity index (χ0) is 20.9. The maximum atomic E-state index is 9.13. The lowest BCUT2D eigenvalue weighted by Gasteiger charge is -2.11. The van der Waals surface area contributed by atoms with Crippen molar-refractivity contribution in [1.82, 2.24) is 19.7 Å². The van der Waals surface area contributed by atoms with Crippen LogP contribution in [0.25, 0.3) is 17.1 Å². The zero-order valence-corrected chi connectivity index (χ0v) is 17.1. The van der Waals surface area contributed by atoms with Crippen molar-refractivity contribution in [1.29, 1.82) is 5.26 Å². The van der Waals surface area contributed by atoms with Crippen molar-refractivity contribution in [3.05, 3.63) is 72.4 Å². The average Bonchev–Trinajstić information content (AvgIpc) is 3.22. The first-order valence-corrected chi connectivity index (χ1v) is 9.83. The summed E-state index contributed by atoms with van der Waals surface area (Å²) in [6.07, 6.45) is 0. The largest absolute Gasteiger partial charge is 0.497 e. The van der Waals surface area contributed by atoms with Crippen LogP contribution in [0, 0.1) is 11.3 Å². The molecule has 148 valence electrons. The first-order valence-electron chi connectivity index (χ1n) is 9.01. The van der Waals surface area contributed by atoms with Crippen molar-refractivity contribution < 1.29 is 9.47 Å². The molecule has 0 atom stereocenters. The van der Waals surface area contributed by atoms with Gasteiger partial charge in [0.05, 0.1) is 19.9 Å². The standard InChI is InChI=1S/C22H17N5O2S/c1-28-18-10-6-15(7-11-18)21-25-26-22(30-20-5-3-4-16(14-23)24-20)27(21)17-8-12-19(29-2)13-9-17/h3-13H,1-2H3. The van der Waals surface area contributed by atoms with Crippen LogP contribution in [0.5, 0.6) is 11.5 Å². The Morgan fingerprint density at radius 2 is 1.53 bits per heavy atom. The third-order valence-electron chi connectivity index (χ3n) is 4.35. The normalized spacial score (nSPS) is 10.4. The highest BCUT2D eigenvalue weighted by molar-refractivity contribution is 7.99. The summed E-state index contributed by atoms with van der Waals surface area (Å²) in [5, 5.41) is 19.2. The summed E-state index contributed by atoms with van der Waals surface area (Å²) in [5.41, 5.74) is 2.13. The number of hydrogen-bond donors (Lipinski definition) is 0. The number of nitriles is 1. The lowest BCUT2D eigenvalue weighted by molar-refractivity contribution is 0.414. The van der Waals surface area contributed by atoms with E-state index in [-0.39, 0.29) is 0 Å². The maximum absolute atomic E-state index is 9.13. The Kier molecular flexibility index (Phi) is 5.63.